The van der Waals surface area contributed by atoms with E-state index in [0.717, 1.165) is 6.07 Å². The van der Waals surface area contributed by atoms with Gasteiger partial charge in [-0.3, -0.25) is 0 Å². The van der Waals surface area contributed by atoms with Gasteiger partial charge in [-0.05, 0) is 35.9 Å². The van der Waals surface area contributed by atoms with Gasteiger partial charge in [-0.15, -0.1) is 0 Å². The van der Waals surface area contributed by atoms with E-state index in [9.17, 15) is 8.78 Å². The number of nitrogens with two attached hydrogens (primary N) is 1. The van der Waals surface area contributed by atoms with E-state index in [4.69, 9.17) is 22.1 Å². The van der Waals surface area contributed by atoms with Gasteiger partial charge in [0.05, 0.1) is 7.11 Å². The van der Waals surface area contributed by atoms with Crippen LogP contribution in [0.5, 0.6) is 5.75 Å². The number of ether oxygens (including phenoxy) is 1. The van der Waals surface area contributed by atoms with E-state index in [2.05, 4.69) is 0 Å². The fourth-order valence-electron chi connectivity index (χ4n) is 1.64. The molecule has 0 unspecified atom stereocenters. The summed E-state index contributed by atoms with van der Waals surface area (Å²) in [6.45, 7) is 0. The molecular formula is C13H10ClF2NO. The van der Waals surface area contributed by atoms with Crippen molar-refractivity contribution < 1.29 is 13.5 Å². The molecule has 0 heterocycles. The van der Waals surface area contributed by atoms with Gasteiger partial charge in [-0.1, -0.05) is 11.6 Å². The second-order valence-electron chi connectivity index (χ2n) is 3.70. The Morgan fingerprint density at radius 1 is 1.11 bits per heavy atom. The predicted octanol–water partition coefficient (Wildman–Crippen LogP) is 3.88. The summed E-state index contributed by atoms with van der Waals surface area (Å²) >= 11 is 5.80. The largest absolute Gasteiger partial charge is 0.494 e. The van der Waals surface area contributed by atoms with Gasteiger partial charge >= 0.3 is 0 Å². The van der Waals surface area contributed by atoms with Gasteiger partial charge < -0.3 is 10.5 Å². The highest BCUT2D eigenvalue weighted by Gasteiger charge is 2.12. The second-order valence-corrected chi connectivity index (χ2v) is 4.13. The number of rotatable bonds is 2. The number of methoxy groups -OCH3 is 1. The van der Waals surface area contributed by atoms with Crippen LogP contribution in [0, 0.1) is 11.6 Å². The Bertz CT molecular complexity index is 602. The van der Waals surface area contributed by atoms with E-state index in [1.165, 1.54) is 31.4 Å². The molecule has 0 aromatic heterocycles. The van der Waals surface area contributed by atoms with Crippen LogP contribution in [0.25, 0.3) is 11.1 Å². The maximum Gasteiger partial charge on any atom is 0.150 e. The zero-order valence-corrected chi connectivity index (χ0v) is 10.3. The van der Waals surface area contributed by atoms with Gasteiger partial charge in [-0.2, -0.15) is 0 Å². The number of benzene rings is 2. The number of hydrogen-bond donors (Lipinski definition) is 1. The van der Waals surface area contributed by atoms with Crippen molar-refractivity contribution in [3.8, 4) is 16.9 Å². The molecule has 0 bridgehead atoms. The van der Waals surface area contributed by atoms with E-state index < -0.39 is 11.6 Å². The molecule has 2 aromatic rings. The molecule has 0 fully saturated rings. The number of nitrogen functional groups attached to an aromatic ring is 1. The van der Waals surface area contributed by atoms with Crippen LogP contribution in [0.4, 0.5) is 14.5 Å². The van der Waals surface area contributed by atoms with Crippen molar-refractivity contribution in [1.29, 1.82) is 0 Å². The number of halogens is 3. The first-order chi connectivity index (χ1) is 8.52. The summed E-state index contributed by atoms with van der Waals surface area (Å²) in [5, 5.41) is 0.364. The Morgan fingerprint density at radius 2 is 1.83 bits per heavy atom. The van der Waals surface area contributed by atoms with E-state index >= 15 is 0 Å². The molecule has 0 saturated carbocycles. The molecule has 5 heteroatoms. The minimum Gasteiger partial charge on any atom is -0.494 e. The van der Waals surface area contributed by atoms with Crippen LogP contribution < -0.4 is 10.5 Å². The van der Waals surface area contributed by atoms with Crippen LogP contribution in [0.1, 0.15) is 0 Å². The van der Waals surface area contributed by atoms with Gasteiger partial charge in [-0.25, -0.2) is 8.78 Å². The first kappa shape index (κ1) is 12.6. The van der Waals surface area contributed by atoms with Gasteiger partial charge in [0.15, 0.2) is 5.82 Å². The van der Waals surface area contributed by atoms with Crippen LogP contribution in [0.2, 0.25) is 5.02 Å². The summed E-state index contributed by atoms with van der Waals surface area (Å²) in [5.74, 6) is -1.00. The minimum absolute atomic E-state index is 0.108. The van der Waals surface area contributed by atoms with Gasteiger partial charge in [0.2, 0.25) is 0 Å². The smallest absolute Gasteiger partial charge is 0.150 e. The van der Waals surface area contributed by atoms with Crippen LogP contribution in [-0.4, -0.2) is 7.11 Å². The van der Waals surface area contributed by atoms with Crippen LogP contribution in [0.15, 0.2) is 30.3 Å². The van der Waals surface area contributed by atoms with E-state index in [1.807, 2.05) is 0 Å². The van der Waals surface area contributed by atoms with Gasteiger partial charge in [0.25, 0.3) is 0 Å². The molecule has 0 spiro atoms. The van der Waals surface area contributed by atoms with E-state index in [-0.39, 0.29) is 17.0 Å². The standard InChI is InChI=1S/C13H10ClF2NO/c1-18-12-5-7(4-11(16)13(12)17)9-6-8(14)2-3-10(9)15/h2-6H,17H2,1H3. The summed E-state index contributed by atoms with van der Waals surface area (Å²) in [7, 11) is 1.36. The molecule has 2 rings (SSSR count). The monoisotopic (exact) mass is 269 g/mol. The Labute approximate surface area is 108 Å². The quantitative estimate of drug-likeness (QED) is 0.840. The average Bonchev–Trinajstić information content (AvgIpc) is 2.35. The summed E-state index contributed by atoms with van der Waals surface area (Å²) in [6, 6.07) is 6.67. The molecular weight excluding hydrogens is 260 g/mol. The van der Waals surface area contributed by atoms with Gasteiger partial charge in [0, 0.05) is 10.6 Å². The Balaban J connectivity index is 2.64. The molecule has 0 aliphatic rings. The SMILES string of the molecule is COc1cc(-c2cc(Cl)ccc2F)cc(F)c1N. The van der Waals surface area contributed by atoms with Crippen molar-refractivity contribution in [2.45, 2.75) is 0 Å². The topological polar surface area (TPSA) is 35.2 Å². The fraction of sp³-hybridized carbons (Fsp3) is 0.0769. The first-order valence-electron chi connectivity index (χ1n) is 5.11. The molecule has 0 amide bonds. The third-order valence-corrected chi connectivity index (χ3v) is 2.79. The molecule has 94 valence electrons. The second kappa shape index (κ2) is 4.82. The Kier molecular flexibility index (Phi) is 3.39. The fourth-order valence-corrected chi connectivity index (χ4v) is 1.81. The zero-order chi connectivity index (χ0) is 13.3. The molecule has 2 aromatic carbocycles. The molecule has 0 atom stereocenters. The summed E-state index contributed by atoms with van der Waals surface area (Å²) in [4.78, 5) is 0. The number of anilines is 1. The lowest BCUT2D eigenvalue weighted by Crippen LogP contribution is -1.97. The zero-order valence-electron chi connectivity index (χ0n) is 9.51. The Morgan fingerprint density at radius 3 is 2.50 bits per heavy atom. The lowest BCUT2D eigenvalue weighted by molar-refractivity contribution is 0.414. The molecule has 2 N–H and O–H groups in total. The molecule has 0 radical (unpaired) electrons. The normalized spacial score (nSPS) is 10.4. The van der Waals surface area contributed by atoms with Crippen molar-refractivity contribution in [3.05, 3.63) is 47.0 Å². The molecule has 0 saturated heterocycles. The first-order valence-corrected chi connectivity index (χ1v) is 5.49. The highest BCUT2D eigenvalue weighted by molar-refractivity contribution is 6.30. The Hall–Kier alpha value is -1.81. The van der Waals surface area contributed by atoms with E-state index in [0.29, 0.717) is 10.6 Å². The van der Waals surface area contributed by atoms with E-state index in [1.54, 1.807) is 0 Å². The average molecular weight is 270 g/mol. The lowest BCUT2D eigenvalue weighted by Gasteiger charge is -2.10. The predicted molar refractivity (Wildman–Crippen MR) is 67.8 cm³/mol. The molecule has 18 heavy (non-hydrogen) atoms. The van der Waals surface area contributed by atoms with Crippen LogP contribution in [-0.2, 0) is 0 Å². The minimum atomic E-state index is -0.663. The van der Waals surface area contributed by atoms with Crippen molar-refractivity contribution >= 4 is 17.3 Å². The van der Waals surface area contributed by atoms with Crippen molar-refractivity contribution in [1.82, 2.24) is 0 Å². The molecule has 0 aliphatic heterocycles. The third-order valence-electron chi connectivity index (χ3n) is 2.55. The van der Waals surface area contributed by atoms with Crippen molar-refractivity contribution in [2.24, 2.45) is 0 Å². The maximum absolute atomic E-state index is 13.7. The van der Waals surface area contributed by atoms with Crippen molar-refractivity contribution in [3.63, 3.8) is 0 Å². The summed E-state index contributed by atoms with van der Waals surface area (Å²) in [6.07, 6.45) is 0. The lowest BCUT2D eigenvalue weighted by atomic mass is 10.0. The van der Waals surface area contributed by atoms with Crippen LogP contribution >= 0.6 is 11.6 Å². The molecule has 2 nitrogen and oxygen atoms in total. The third kappa shape index (κ3) is 2.24. The van der Waals surface area contributed by atoms with Gasteiger partial charge in [0.1, 0.15) is 17.3 Å². The van der Waals surface area contributed by atoms with Crippen LogP contribution in [0.3, 0.4) is 0 Å². The van der Waals surface area contributed by atoms with Crippen molar-refractivity contribution in [2.75, 3.05) is 12.8 Å². The summed E-state index contributed by atoms with van der Waals surface area (Å²) in [5.41, 5.74) is 5.89. The maximum atomic E-state index is 13.7. The molecule has 0 aliphatic carbocycles. The summed E-state index contributed by atoms with van der Waals surface area (Å²) < 4.78 is 32.2. The highest BCUT2D eigenvalue weighted by Crippen LogP contribution is 2.33. The highest BCUT2D eigenvalue weighted by atomic mass is 35.5. The number of hydrogen-bond acceptors (Lipinski definition) is 2.